The highest BCUT2D eigenvalue weighted by Crippen LogP contribution is 2.32. The Balaban J connectivity index is 2.10. The van der Waals surface area contributed by atoms with Crippen molar-refractivity contribution in [2.24, 2.45) is 0 Å². The summed E-state index contributed by atoms with van der Waals surface area (Å²) in [6.45, 7) is 7.41. The summed E-state index contributed by atoms with van der Waals surface area (Å²) < 4.78 is 0. The molecule has 0 atom stereocenters. The zero-order valence-electron chi connectivity index (χ0n) is 11.7. The number of nitrogens with one attached hydrogen (secondary N) is 2. The summed E-state index contributed by atoms with van der Waals surface area (Å²) in [5.74, 6) is 1.71. The van der Waals surface area contributed by atoms with Crippen molar-refractivity contribution in [3.8, 4) is 0 Å². The molecule has 0 radical (unpaired) electrons. The smallest absolute Gasteiger partial charge is 0.224 e. The van der Waals surface area contributed by atoms with E-state index in [9.17, 15) is 0 Å². The average molecular weight is 248 g/mol. The van der Waals surface area contributed by atoms with E-state index in [0.717, 1.165) is 30.3 Å². The van der Waals surface area contributed by atoms with Crippen molar-refractivity contribution in [2.75, 3.05) is 17.2 Å². The van der Waals surface area contributed by atoms with Gasteiger partial charge in [-0.15, -0.1) is 0 Å². The molecule has 0 aliphatic heterocycles. The zero-order valence-corrected chi connectivity index (χ0v) is 11.7. The number of hydrogen-bond donors (Lipinski definition) is 2. The monoisotopic (exact) mass is 248 g/mol. The van der Waals surface area contributed by atoms with Gasteiger partial charge in [-0.2, -0.15) is 4.98 Å². The molecule has 0 spiro atoms. The van der Waals surface area contributed by atoms with E-state index in [-0.39, 0.29) is 5.54 Å². The van der Waals surface area contributed by atoms with Crippen LogP contribution in [0.25, 0.3) is 0 Å². The van der Waals surface area contributed by atoms with Gasteiger partial charge in [0.05, 0.1) is 0 Å². The Morgan fingerprint density at radius 3 is 2.72 bits per heavy atom. The zero-order chi connectivity index (χ0) is 13.0. The van der Waals surface area contributed by atoms with Crippen LogP contribution in [-0.4, -0.2) is 22.1 Å². The molecule has 2 rings (SSSR count). The molecule has 1 aliphatic carbocycles. The highest BCUT2D eigenvalue weighted by molar-refractivity contribution is 5.48. The quantitative estimate of drug-likeness (QED) is 0.839. The standard InChI is InChI=1S/C14H24N4/c1-4-9-15-13-16-10-11(2)12(17-13)18-14(3)7-5-6-8-14/h10H,4-9H2,1-3H3,(H2,15,16,17,18). The second-order valence-electron chi connectivity index (χ2n) is 5.54. The lowest BCUT2D eigenvalue weighted by Crippen LogP contribution is -2.31. The number of nitrogens with zero attached hydrogens (tertiary/aromatic N) is 2. The number of rotatable bonds is 5. The van der Waals surface area contributed by atoms with E-state index < -0.39 is 0 Å². The van der Waals surface area contributed by atoms with Crippen molar-refractivity contribution >= 4 is 11.8 Å². The molecule has 0 saturated heterocycles. The fourth-order valence-corrected chi connectivity index (χ4v) is 2.46. The number of anilines is 2. The van der Waals surface area contributed by atoms with Crippen molar-refractivity contribution < 1.29 is 0 Å². The predicted octanol–water partition coefficient (Wildman–Crippen LogP) is 3.35. The van der Waals surface area contributed by atoms with Crippen molar-refractivity contribution in [1.29, 1.82) is 0 Å². The summed E-state index contributed by atoms with van der Waals surface area (Å²) in [5.41, 5.74) is 1.33. The largest absolute Gasteiger partial charge is 0.365 e. The maximum absolute atomic E-state index is 4.59. The third-order valence-electron chi connectivity index (χ3n) is 3.63. The summed E-state index contributed by atoms with van der Waals surface area (Å²) in [4.78, 5) is 8.90. The van der Waals surface area contributed by atoms with E-state index in [0.29, 0.717) is 0 Å². The van der Waals surface area contributed by atoms with E-state index in [1.54, 1.807) is 0 Å². The van der Waals surface area contributed by atoms with E-state index in [1.807, 2.05) is 6.20 Å². The highest BCUT2D eigenvalue weighted by Gasteiger charge is 2.29. The van der Waals surface area contributed by atoms with Crippen molar-refractivity contribution in [3.63, 3.8) is 0 Å². The van der Waals surface area contributed by atoms with Gasteiger partial charge in [0.1, 0.15) is 5.82 Å². The summed E-state index contributed by atoms with van der Waals surface area (Å²) >= 11 is 0. The molecule has 0 aromatic carbocycles. The Morgan fingerprint density at radius 1 is 1.33 bits per heavy atom. The van der Waals surface area contributed by atoms with Crippen LogP contribution < -0.4 is 10.6 Å². The molecular formula is C14H24N4. The predicted molar refractivity (Wildman–Crippen MR) is 76.0 cm³/mol. The van der Waals surface area contributed by atoms with Crippen LogP contribution in [0.5, 0.6) is 0 Å². The molecule has 1 aromatic rings. The molecule has 0 bridgehead atoms. The van der Waals surface area contributed by atoms with Crippen LogP contribution in [-0.2, 0) is 0 Å². The van der Waals surface area contributed by atoms with Crippen molar-refractivity contribution in [1.82, 2.24) is 9.97 Å². The Bertz CT molecular complexity index is 397. The lowest BCUT2D eigenvalue weighted by Gasteiger charge is -2.27. The molecule has 0 unspecified atom stereocenters. The first-order valence-electron chi connectivity index (χ1n) is 6.99. The molecule has 18 heavy (non-hydrogen) atoms. The fraction of sp³-hybridized carbons (Fsp3) is 0.714. The molecule has 100 valence electrons. The number of hydrogen-bond acceptors (Lipinski definition) is 4. The van der Waals surface area contributed by atoms with Crippen molar-refractivity contribution in [2.45, 2.75) is 58.4 Å². The van der Waals surface area contributed by atoms with Crippen molar-refractivity contribution in [3.05, 3.63) is 11.8 Å². The first-order chi connectivity index (χ1) is 8.63. The molecule has 1 aliphatic rings. The molecule has 1 aromatic heterocycles. The van der Waals surface area contributed by atoms with E-state index in [1.165, 1.54) is 25.7 Å². The molecule has 2 N–H and O–H groups in total. The van der Waals surface area contributed by atoms with E-state index >= 15 is 0 Å². The van der Waals surface area contributed by atoms with Gasteiger partial charge in [-0.3, -0.25) is 0 Å². The van der Waals surface area contributed by atoms with Gasteiger partial charge in [-0.05, 0) is 33.1 Å². The molecule has 4 nitrogen and oxygen atoms in total. The molecule has 1 saturated carbocycles. The molecule has 4 heteroatoms. The Kier molecular flexibility index (Phi) is 4.04. The SMILES string of the molecule is CCCNc1ncc(C)c(NC2(C)CCCC2)n1. The maximum Gasteiger partial charge on any atom is 0.224 e. The summed E-state index contributed by atoms with van der Waals surface area (Å²) in [6.07, 6.45) is 8.06. The molecule has 1 heterocycles. The number of aryl methyl sites for hydroxylation is 1. The van der Waals surface area contributed by atoms with Crippen LogP contribution in [0, 0.1) is 6.92 Å². The minimum absolute atomic E-state index is 0.209. The molecule has 1 fully saturated rings. The van der Waals surface area contributed by atoms with E-state index in [4.69, 9.17) is 0 Å². The van der Waals surface area contributed by atoms with Crippen LogP contribution in [0.15, 0.2) is 6.20 Å². The van der Waals surface area contributed by atoms with Gasteiger partial charge in [0, 0.05) is 23.8 Å². The summed E-state index contributed by atoms with van der Waals surface area (Å²) in [6, 6.07) is 0. The normalized spacial score (nSPS) is 17.7. The lowest BCUT2D eigenvalue weighted by atomic mass is 10.0. The van der Waals surface area contributed by atoms with Gasteiger partial charge in [0.2, 0.25) is 5.95 Å². The summed E-state index contributed by atoms with van der Waals surface area (Å²) in [5, 5.41) is 6.85. The van der Waals surface area contributed by atoms with Gasteiger partial charge >= 0.3 is 0 Å². The minimum Gasteiger partial charge on any atom is -0.365 e. The maximum atomic E-state index is 4.59. The van der Waals surface area contributed by atoms with Gasteiger partial charge < -0.3 is 10.6 Å². The highest BCUT2D eigenvalue weighted by atomic mass is 15.2. The number of aromatic nitrogens is 2. The first-order valence-corrected chi connectivity index (χ1v) is 6.99. The fourth-order valence-electron chi connectivity index (χ4n) is 2.46. The van der Waals surface area contributed by atoms with Gasteiger partial charge in [0.15, 0.2) is 0 Å². The Labute approximate surface area is 110 Å². The average Bonchev–Trinajstić information content (AvgIpc) is 2.77. The van der Waals surface area contributed by atoms with E-state index in [2.05, 4.69) is 41.4 Å². The first kappa shape index (κ1) is 13.1. The minimum atomic E-state index is 0.209. The lowest BCUT2D eigenvalue weighted by molar-refractivity contribution is 0.530. The Morgan fingerprint density at radius 2 is 2.06 bits per heavy atom. The third kappa shape index (κ3) is 3.12. The van der Waals surface area contributed by atoms with Crippen LogP contribution in [0.1, 0.15) is 51.5 Å². The van der Waals surface area contributed by atoms with Crippen LogP contribution >= 0.6 is 0 Å². The van der Waals surface area contributed by atoms with Gasteiger partial charge in [-0.1, -0.05) is 19.8 Å². The topological polar surface area (TPSA) is 49.8 Å². The second-order valence-corrected chi connectivity index (χ2v) is 5.54. The Hall–Kier alpha value is -1.32. The molecule has 0 amide bonds. The summed E-state index contributed by atoms with van der Waals surface area (Å²) in [7, 11) is 0. The van der Waals surface area contributed by atoms with Crippen LogP contribution in [0.4, 0.5) is 11.8 Å². The second kappa shape index (κ2) is 5.55. The van der Waals surface area contributed by atoms with Gasteiger partial charge in [0.25, 0.3) is 0 Å². The van der Waals surface area contributed by atoms with Crippen LogP contribution in [0.2, 0.25) is 0 Å². The van der Waals surface area contributed by atoms with Crippen LogP contribution in [0.3, 0.4) is 0 Å². The molecular weight excluding hydrogens is 224 g/mol. The third-order valence-corrected chi connectivity index (χ3v) is 3.63. The van der Waals surface area contributed by atoms with Gasteiger partial charge in [-0.25, -0.2) is 4.98 Å².